The fourth-order valence-corrected chi connectivity index (χ4v) is 2.31. The van der Waals surface area contributed by atoms with E-state index in [1.54, 1.807) is 42.5 Å². The summed E-state index contributed by atoms with van der Waals surface area (Å²) in [5.74, 6) is -0.688. The minimum Gasteiger partial charge on any atom is -0.483 e. The molecule has 1 aromatic heterocycles. The van der Waals surface area contributed by atoms with Crippen LogP contribution in [0.5, 0.6) is 5.75 Å². The van der Waals surface area contributed by atoms with E-state index < -0.39 is 5.97 Å². The molecular formula is C18H18N4O4. The van der Waals surface area contributed by atoms with Crippen molar-refractivity contribution in [3.05, 3.63) is 54.1 Å². The molecule has 26 heavy (non-hydrogen) atoms. The van der Waals surface area contributed by atoms with Crippen LogP contribution >= 0.6 is 0 Å². The number of nitrogens with zero attached hydrogens (tertiary/aromatic N) is 3. The summed E-state index contributed by atoms with van der Waals surface area (Å²) in [5, 5.41) is 10.5. The minimum atomic E-state index is -0.666. The molecule has 1 amide bonds. The molecule has 0 aliphatic carbocycles. The summed E-state index contributed by atoms with van der Waals surface area (Å²) in [6, 6.07) is 13.6. The highest BCUT2D eigenvalue weighted by Crippen LogP contribution is 2.19. The molecule has 8 nitrogen and oxygen atoms in total. The summed E-state index contributed by atoms with van der Waals surface area (Å²) < 4.78 is 5.47. The van der Waals surface area contributed by atoms with Crippen LogP contribution in [0.15, 0.2) is 48.5 Å². The van der Waals surface area contributed by atoms with Crippen molar-refractivity contribution in [3.63, 3.8) is 0 Å². The van der Waals surface area contributed by atoms with Gasteiger partial charge in [0.25, 0.3) is 5.91 Å². The van der Waals surface area contributed by atoms with E-state index in [1.165, 1.54) is 0 Å². The van der Waals surface area contributed by atoms with Crippen LogP contribution in [0.25, 0.3) is 11.0 Å². The molecule has 3 aromatic rings. The normalized spacial score (nSPS) is 10.7. The Hall–Kier alpha value is -3.42. The molecule has 134 valence electrons. The number of fused-ring (bicyclic) bond motifs is 1. The molecule has 0 saturated carbocycles. The third kappa shape index (κ3) is 3.97. The lowest BCUT2D eigenvalue weighted by atomic mass is 10.2. The zero-order chi connectivity index (χ0) is 18.5. The summed E-state index contributed by atoms with van der Waals surface area (Å²) in [6.45, 7) is 3.51. The van der Waals surface area contributed by atoms with E-state index >= 15 is 0 Å². The Morgan fingerprint density at radius 1 is 1.12 bits per heavy atom. The van der Waals surface area contributed by atoms with Crippen LogP contribution in [0.2, 0.25) is 0 Å². The van der Waals surface area contributed by atoms with E-state index in [9.17, 15) is 9.59 Å². The second kappa shape index (κ2) is 7.64. The number of hydrogen-bond donors (Lipinski definition) is 1. The van der Waals surface area contributed by atoms with E-state index in [0.29, 0.717) is 11.0 Å². The fraction of sp³-hybridized carbons (Fsp3) is 0.222. The first-order valence-electron chi connectivity index (χ1n) is 8.09. The first-order valence-corrected chi connectivity index (χ1v) is 8.09. The Morgan fingerprint density at radius 2 is 1.85 bits per heavy atom. The quantitative estimate of drug-likeness (QED) is 0.676. The van der Waals surface area contributed by atoms with Crippen molar-refractivity contribution >= 4 is 22.9 Å². The highest BCUT2D eigenvalue weighted by molar-refractivity contribution is 5.93. The number of aromatic nitrogens is 3. The van der Waals surface area contributed by atoms with Gasteiger partial charge in [0.05, 0.1) is 0 Å². The predicted molar refractivity (Wildman–Crippen MR) is 93.7 cm³/mol. The molecule has 0 atom stereocenters. The highest BCUT2D eigenvalue weighted by Gasteiger charge is 2.17. The van der Waals surface area contributed by atoms with Gasteiger partial charge in [-0.25, -0.2) is 4.79 Å². The van der Waals surface area contributed by atoms with Crippen LogP contribution in [0.4, 0.5) is 0 Å². The summed E-state index contributed by atoms with van der Waals surface area (Å²) in [4.78, 5) is 30.6. The second-order valence-corrected chi connectivity index (χ2v) is 5.84. The van der Waals surface area contributed by atoms with Crippen molar-refractivity contribution in [3.8, 4) is 5.75 Å². The SMILES string of the molecule is CC(C)NC(=O)COc1ccccc1C(=O)On1nnc2ccccc21. The van der Waals surface area contributed by atoms with Crippen LogP contribution in [0.3, 0.4) is 0 Å². The molecule has 3 rings (SSSR count). The molecule has 0 fully saturated rings. The zero-order valence-corrected chi connectivity index (χ0v) is 14.4. The average Bonchev–Trinajstić information content (AvgIpc) is 3.03. The number of carbonyl (C=O) groups is 2. The number of benzene rings is 2. The molecule has 0 unspecified atom stereocenters. The number of hydrogen-bond acceptors (Lipinski definition) is 6. The van der Waals surface area contributed by atoms with Gasteiger partial charge in [-0.3, -0.25) is 4.79 Å². The average molecular weight is 354 g/mol. The smallest absolute Gasteiger partial charge is 0.369 e. The van der Waals surface area contributed by atoms with E-state index in [4.69, 9.17) is 9.57 Å². The number of ether oxygens (including phenoxy) is 1. The monoisotopic (exact) mass is 354 g/mol. The number of para-hydroxylation sites is 2. The molecule has 1 N–H and O–H groups in total. The molecule has 0 radical (unpaired) electrons. The van der Waals surface area contributed by atoms with E-state index in [-0.39, 0.29) is 29.9 Å². The maximum atomic E-state index is 12.5. The lowest BCUT2D eigenvalue weighted by molar-refractivity contribution is -0.123. The van der Waals surface area contributed by atoms with Gasteiger partial charge in [0.1, 0.15) is 22.3 Å². The molecule has 0 saturated heterocycles. The van der Waals surface area contributed by atoms with E-state index in [0.717, 1.165) is 4.85 Å². The lowest BCUT2D eigenvalue weighted by Crippen LogP contribution is -2.34. The van der Waals surface area contributed by atoms with Gasteiger partial charge in [0, 0.05) is 6.04 Å². The van der Waals surface area contributed by atoms with E-state index in [1.807, 2.05) is 19.9 Å². The Morgan fingerprint density at radius 3 is 2.65 bits per heavy atom. The van der Waals surface area contributed by atoms with Crippen LogP contribution in [0.1, 0.15) is 24.2 Å². The van der Waals surface area contributed by atoms with Crippen LogP contribution in [0, 0.1) is 0 Å². The lowest BCUT2D eigenvalue weighted by Gasteiger charge is -2.12. The molecule has 0 bridgehead atoms. The standard InChI is InChI=1S/C18H18N4O4/c1-12(2)19-17(23)11-25-16-10-6-3-7-13(16)18(24)26-22-15-9-5-4-8-14(15)20-21-22/h3-10,12H,11H2,1-2H3,(H,19,23). The second-order valence-electron chi connectivity index (χ2n) is 5.84. The molecular weight excluding hydrogens is 336 g/mol. The third-order valence-corrected chi connectivity index (χ3v) is 3.41. The van der Waals surface area contributed by atoms with E-state index in [2.05, 4.69) is 15.6 Å². The van der Waals surface area contributed by atoms with Gasteiger partial charge >= 0.3 is 5.97 Å². The third-order valence-electron chi connectivity index (χ3n) is 3.41. The van der Waals surface area contributed by atoms with Gasteiger partial charge in [-0.05, 0) is 43.3 Å². The molecule has 1 heterocycles. The first-order chi connectivity index (χ1) is 12.5. The highest BCUT2D eigenvalue weighted by atomic mass is 16.7. The van der Waals surface area contributed by atoms with Crippen molar-refractivity contribution in [2.45, 2.75) is 19.9 Å². The van der Waals surface area contributed by atoms with Crippen molar-refractivity contribution < 1.29 is 19.2 Å². The van der Waals surface area contributed by atoms with Gasteiger partial charge < -0.3 is 14.9 Å². The first kappa shape index (κ1) is 17.4. The largest absolute Gasteiger partial charge is 0.483 e. The number of nitrogens with one attached hydrogen (secondary N) is 1. The molecule has 0 aliphatic heterocycles. The summed E-state index contributed by atoms with van der Waals surface area (Å²) >= 11 is 0. The summed E-state index contributed by atoms with van der Waals surface area (Å²) in [5.41, 5.74) is 1.36. The molecule has 2 aromatic carbocycles. The zero-order valence-electron chi connectivity index (χ0n) is 14.4. The van der Waals surface area contributed by atoms with Crippen molar-refractivity contribution in [2.75, 3.05) is 6.61 Å². The number of rotatable bonds is 6. The molecule has 0 spiro atoms. The van der Waals surface area contributed by atoms with Gasteiger partial charge in [0.15, 0.2) is 6.61 Å². The maximum absolute atomic E-state index is 12.5. The Bertz CT molecular complexity index is 936. The van der Waals surface area contributed by atoms with Crippen molar-refractivity contribution in [1.29, 1.82) is 0 Å². The number of carbonyl (C=O) groups excluding carboxylic acids is 2. The van der Waals surface area contributed by atoms with Crippen LogP contribution in [-0.2, 0) is 4.79 Å². The van der Waals surface area contributed by atoms with Gasteiger partial charge in [-0.1, -0.05) is 29.1 Å². The Kier molecular flexibility index (Phi) is 5.12. The van der Waals surface area contributed by atoms with Crippen molar-refractivity contribution in [2.24, 2.45) is 0 Å². The molecule has 0 aliphatic rings. The summed E-state index contributed by atoms with van der Waals surface area (Å²) in [6.07, 6.45) is 0. The van der Waals surface area contributed by atoms with Gasteiger partial charge in [-0.15, -0.1) is 5.10 Å². The van der Waals surface area contributed by atoms with Gasteiger partial charge in [-0.2, -0.15) is 0 Å². The van der Waals surface area contributed by atoms with Crippen LogP contribution < -0.4 is 14.9 Å². The fourth-order valence-electron chi connectivity index (χ4n) is 2.31. The topological polar surface area (TPSA) is 95.3 Å². The van der Waals surface area contributed by atoms with Gasteiger partial charge in [0.2, 0.25) is 0 Å². The molecule has 8 heteroatoms. The Balaban J connectivity index is 1.74. The predicted octanol–water partition coefficient (Wildman–Crippen LogP) is 1.60. The maximum Gasteiger partial charge on any atom is 0.369 e. The number of amides is 1. The summed E-state index contributed by atoms with van der Waals surface area (Å²) in [7, 11) is 0. The van der Waals surface area contributed by atoms with Crippen LogP contribution in [-0.4, -0.2) is 39.7 Å². The van der Waals surface area contributed by atoms with Crippen molar-refractivity contribution in [1.82, 2.24) is 20.5 Å². The minimum absolute atomic E-state index is 0.00639. The Labute approximate surface area is 149 Å².